The Morgan fingerprint density at radius 3 is 1.52 bits per heavy atom. The van der Waals surface area contributed by atoms with Crippen LogP contribution in [0.3, 0.4) is 0 Å². The average Bonchev–Trinajstić information content (AvgIpc) is 2.33. The molecule has 4 N–H and O–H groups in total. The van der Waals surface area contributed by atoms with Crippen LogP contribution < -0.4 is 21.3 Å². The van der Waals surface area contributed by atoms with E-state index in [1.54, 1.807) is 0 Å². The van der Waals surface area contributed by atoms with Crippen molar-refractivity contribution in [2.45, 2.75) is 85.0 Å². The van der Waals surface area contributed by atoms with Crippen molar-refractivity contribution in [2.75, 3.05) is 26.2 Å². The highest BCUT2D eigenvalue weighted by atomic mass is 15.1. The third-order valence-corrected chi connectivity index (χ3v) is 4.28. The summed E-state index contributed by atoms with van der Waals surface area (Å²) < 4.78 is 0. The maximum Gasteiger partial charge on any atom is 0.0302 e. The van der Waals surface area contributed by atoms with Crippen LogP contribution in [0.4, 0.5) is 0 Å². The number of hydrogen-bond donors (Lipinski definition) is 4. The summed E-state index contributed by atoms with van der Waals surface area (Å²) in [6.07, 6.45) is 1.16. The van der Waals surface area contributed by atoms with E-state index in [4.69, 9.17) is 0 Å². The molecular formula is C17H40N4. The van der Waals surface area contributed by atoms with Crippen molar-refractivity contribution in [1.29, 1.82) is 0 Å². The van der Waals surface area contributed by atoms with Gasteiger partial charge >= 0.3 is 0 Å². The Hall–Kier alpha value is -0.160. The Kier molecular flexibility index (Phi) is 9.70. The van der Waals surface area contributed by atoms with E-state index in [0.29, 0.717) is 12.1 Å². The van der Waals surface area contributed by atoms with Gasteiger partial charge in [0.25, 0.3) is 0 Å². The van der Waals surface area contributed by atoms with Gasteiger partial charge in [0.2, 0.25) is 0 Å². The quantitative estimate of drug-likeness (QED) is 0.417. The molecule has 21 heavy (non-hydrogen) atoms. The first kappa shape index (κ1) is 20.8. The summed E-state index contributed by atoms with van der Waals surface area (Å²) in [6.45, 7) is 22.0. The first-order valence-electron chi connectivity index (χ1n) is 8.55. The zero-order valence-electron chi connectivity index (χ0n) is 15.7. The summed E-state index contributed by atoms with van der Waals surface area (Å²) in [5.41, 5.74) is 0.111. The summed E-state index contributed by atoms with van der Waals surface area (Å²) >= 11 is 0. The lowest BCUT2D eigenvalue weighted by molar-refractivity contribution is 0.193. The monoisotopic (exact) mass is 300 g/mol. The van der Waals surface area contributed by atoms with Crippen molar-refractivity contribution in [3.8, 4) is 0 Å². The Morgan fingerprint density at radius 1 is 0.619 bits per heavy atom. The summed E-state index contributed by atoms with van der Waals surface area (Å²) in [5, 5.41) is 14.3. The molecule has 0 heterocycles. The highest BCUT2D eigenvalue weighted by molar-refractivity contribution is 4.99. The Balaban J connectivity index is 4.01. The van der Waals surface area contributed by atoms with E-state index < -0.39 is 0 Å². The van der Waals surface area contributed by atoms with Crippen LogP contribution in [0.2, 0.25) is 0 Å². The molecule has 0 saturated heterocycles. The minimum atomic E-state index is 0.0527. The second-order valence-electron chi connectivity index (χ2n) is 7.67. The van der Waals surface area contributed by atoms with E-state index >= 15 is 0 Å². The predicted molar refractivity (Wildman–Crippen MR) is 95.1 cm³/mol. The van der Waals surface area contributed by atoms with Crippen LogP contribution >= 0.6 is 0 Å². The molecule has 0 amide bonds. The molecule has 0 spiro atoms. The second-order valence-corrected chi connectivity index (χ2v) is 7.67. The molecule has 4 heteroatoms. The third-order valence-electron chi connectivity index (χ3n) is 4.28. The number of rotatable bonds is 12. The standard InChI is InChI=1S/C17H40N4/c1-14(2)18-10-9-11-20-16(5,6)17(7,8)21-13-12-19-15(3)4/h14-15,18-21H,9-13H2,1-8H3. The molecule has 0 radical (unpaired) electrons. The van der Waals surface area contributed by atoms with Gasteiger partial charge in [-0.15, -0.1) is 0 Å². The number of nitrogens with one attached hydrogen (secondary N) is 4. The van der Waals surface area contributed by atoms with Crippen molar-refractivity contribution in [1.82, 2.24) is 21.3 Å². The average molecular weight is 301 g/mol. The van der Waals surface area contributed by atoms with Gasteiger partial charge in [-0.3, -0.25) is 0 Å². The van der Waals surface area contributed by atoms with Gasteiger partial charge in [0.05, 0.1) is 0 Å². The lowest BCUT2D eigenvalue weighted by atomic mass is 9.82. The zero-order chi connectivity index (χ0) is 16.5. The van der Waals surface area contributed by atoms with E-state index in [1.165, 1.54) is 0 Å². The summed E-state index contributed by atoms with van der Waals surface area (Å²) in [5.74, 6) is 0. The van der Waals surface area contributed by atoms with Gasteiger partial charge in [-0.05, 0) is 47.2 Å². The van der Waals surface area contributed by atoms with Gasteiger partial charge < -0.3 is 21.3 Å². The number of hydrogen-bond acceptors (Lipinski definition) is 4. The van der Waals surface area contributed by atoms with Crippen LogP contribution in [0.5, 0.6) is 0 Å². The summed E-state index contributed by atoms with van der Waals surface area (Å²) in [6, 6.07) is 1.12. The third kappa shape index (κ3) is 9.46. The van der Waals surface area contributed by atoms with Crippen molar-refractivity contribution in [2.24, 2.45) is 0 Å². The van der Waals surface area contributed by atoms with E-state index in [0.717, 1.165) is 32.6 Å². The SMILES string of the molecule is CC(C)NCCCNC(C)(C)C(C)(C)NCCNC(C)C. The second kappa shape index (κ2) is 9.78. The molecule has 0 saturated carbocycles. The first-order chi connectivity index (χ1) is 9.58. The molecule has 0 aliphatic heterocycles. The molecule has 0 aliphatic carbocycles. The lowest BCUT2D eigenvalue weighted by Gasteiger charge is -2.43. The normalized spacial score (nSPS) is 13.4. The van der Waals surface area contributed by atoms with E-state index in [1.807, 2.05) is 0 Å². The van der Waals surface area contributed by atoms with Gasteiger partial charge in [-0.25, -0.2) is 0 Å². The summed E-state index contributed by atoms with van der Waals surface area (Å²) in [7, 11) is 0. The predicted octanol–water partition coefficient (Wildman–Crippen LogP) is 2.11. The van der Waals surface area contributed by atoms with Crippen LogP contribution in [0, 0.1) is 0 Å². The fourth-order valence-electron chi connectivity index (χ4n) is 2.06. The van der Waals surface area contributed by atoms with Crippen molar-refractivity contribution >= 4 is 0 Å². The Labute approximate surface area is 133 Å². The summed E-state index contributed by atoms with van der Waals surface area (Å²) in [4.78, 5) is 0. The van der Waals surface area contributed by atoms with Crippen molar-refractivity contribution in [3.63, 3.8) is 0 Å². The van der Waals surface area contributed by atoms with Gasteiger partial charge in [-0.1, -0.05) is 27.7 Å². The van der Waals surface area contributed by atoms with Crippen LogP contribution in [0.25, 0.3) is 0 Å². The van der Waals surface area contributed by atoms with Crippen LogP contribution in [0.1, 0.15) is 61.8 Å². The molecule has 4 nitrogen and oxygen atoms in total. The topological polar surface area (TPSA) is 48.1 Å². The van der Waals surface area contributed by atoms with Crippen molar-refractivity contribution in [3.05, 3.63) is 0 Å². The molecule has 0 bridgehead atoms. The molecule has 0 rings (SSSR count). The minimum absolute atomic E-state index is 0.0527. The maximum atomic E-state index is 3.70. The fourth-order valence-corrected chi connectivity index (χ4v) is 2.06. The molecule has 0 aromatic heterocycles. The van der Waals surface area contributed by atoms with Crippen molar-refractivity contribution < 1.29 is 0 Å². The highest BCUT2D eigenvalue weighted by Gasteiger charge is 2.35. The molecule has 0 aliphatic rings. The van der Waals surface area contributed by atoms with Crippen LogP contribution in [0.15, 0.2) is 0 Å². The van der Waals surface area contributed by atoms with E-state index in [2.05, 4.69) is 76.7 Å². The lowest BCUT2D eigenvalue weighted by Crippen LogP contribution is -2.64. The molecule has 0 aromatic rings. The molecule has 0 fully saturated rings. The largest absolute Gasteiger partial charge is 0.314 e. The Morgan fingerprint density at radius 2 is 1.05 bits per heavy atom. The van der Waals surface area contributed by atoms with Crippen LogP contribution in [-0.4, -0.2) is 49.3 Å². The maximum absolute atomic E-state index is 3.70. The fraction of sp³-hybridized carbons (Fsp3) is 1.00. The molecule has 0 unspecified atom stereocenters. The van der Waals surface area contributed by atoms with E-state index in [9.17, 15) is 0 Å². The van der Waals surface area contributed by atoms with Gasteiger partial charge in [-0.2, -0.15) is 0 Å². The smallest absolute Gasteiger partial charge is 0.0302 e. The molecular weight excluding hydrogens is 260 g/mol. The first-order valence-corrected chi connectivity index (χ1v) is 8.55. The van der Waals surface area contributed by atoms with Gasteiger partial charge in [0.15, 0.2) is 0 Å². The molecule has 128 valence electrons. The van der Waals surface area contributed by atoms with Crippen LogP contribution in [-0.2, 0) is 0 Å². The zero-order valence-corrected chi connectivity index (χ0v) is 15.7. The Bertz CT molecular complexity index is 260. The minimum Gasteiger partial charge on any atom is -0.314 e. The van der Waals surface area contributed by atoms with Gasteiger partial charge in [0.1, 0.15) is 0 Å². The highest BCUT2D eigenvalue weighted by Crippen LogP contribution is 2.20. The van der Waals surface area contributed by atoms with E-state index in [-0.39, 0.29) is 11.1 Å². The molecule has 0 aromatic carbocycles. The molecule has 0 atom stereocenters. The van der Waals surface area contributed by atoms with Gasteiger partial charge in [0, 0.05) is 36.3 Å².